The Kier molecular flexibility index (Phi) is 4.67. The molecule has 0 saturated heterocycles. The van der Waals surface area contributed by atoms with Gasteiger partial charge in [0.2, 0.25) is 0 Å². The van der Waals surface area contributed by atoms with Crippen LogP contribution in [0, 0.1) is 13.8 Å². The molecule has 3 heteroatoms. The number of hydrogen-bond acceptors (Lipinski definition) is 1. The second-order valence-corrected chi connectivity index (χ2v) is 6.29. The van der Waals surface area contributed by atoms with E-state index in [0.29, 0.717) is 0 Å². The highest BCUT2D eigenvalue weighted by Gasteiger charge is 2.10. The maximum absolute atomic E-state index is 6.30. The lowest BCUT2D eigenvalue weighted by Crippen LogP contribution is -2.14. The summed E-state index contributed by atoms with van der Waals surface area (Å²) in [5.74, 6) is 0. The predicted octanol–water partition coefficient (Wildman–Crippen LogP) is 4.96. The van der Waals surface area contributed by atoms with Crippen molar-refractivity contribution >= 4 is 27.5 Å². The molecule has 0 fully saturated rings. The van der Waals surface area contributed by atoms with Crippen LogP contribution in [-0.2, 0) is 6.42 Å². The fourth-order valence-corrected chi connectivity index (χ4v) is 3.02. The summed E-state index contributed by atoms with van der Waals surface area (Å²) in [6.07, 6.45) is 0.745. The van der Waals surface area contributed by atoms with Crippen LogP contribution in [0.3, 0.4) is 0 Å². The quantitative estimate of drug-likeness (QED) is 0.841. The first-order valence-electron chi connectivity index (χ1n) is 6.23. The molecule has 0 aliphatic rings. The zero-order valence-electron chi connectivity index (χ0n) is 11.1. The Hall–Kier alpha value is -0.830. The van der Waals surface area contributed by atoms with E-state index >= 15 is 0 Å². The van der Waals surface area contributed by atoms with Crippen molar-refractivity contribution in [1.82, 2.24) is 0 Å². The van der Waals surface area contributed by atoms with Gasteiger partial charge in [0.1, 0.15) is 0 Å². The van der Waals surface area contributed by atoms with E-state index in [9.17, 15) is 0 Å². The lowest BCUT2D eigenvalue weighted by molar-refractivity contribution is 0.720. The third kappa shape index (κ3) is 3.82. The van der Waals surface area contributed by atoms with Crippen LogP contribution in [0.25, 0.3) is 0 Å². The molecule has 0 bridgehead atoms. The van der Waals surface area contributed by atoms with Crippen LogP contribution in [0.4, 0.5) is 0 Å². The molecule has 0 aromatic heterocycles. The average Bonchev–Trinajstić information content (AvgIpc) is 2.31. The molecule has 0 saturated carbocycles. The van der Waals surface area contributed by atoms with Crippen LogP contribution in [0.5, 0.6) is 0 Å². The second kappa shape index (κ2) is 6.08. The minimum atomic E-state index is -0.0303. The molecule has 0 amide bonds. The zero-order chi connectivity index (χ0) is 14.0. The van der Waals surface area contributed by atoms with E-state index in [1.165, 1.54) is 11.1 Å². The fraction of sp³-hybridized carbons (Fsp3) is 0.250. The smallest absolute Gasteiger partial charge is 0.0449 e. The van der Waals surface area contributed by atoms with Gasteiger partial charge in [0, 0.05) is 15.5 Å². The number of aryl methyl sites for hydroxylation is 2. The molecule has 0 heterocycles. The zero-order valence-corrected chi connectivity index (χ0v) is 13.4. The van der Waals surface area contributed by atoms with Gasteiger partial charge >= 0.3 is 0 Å². The topological polar surface area (TPSA) is 26.0 Å². The highest BCUT2D eigenvalue weighted by atomic mass is 79.9. The Morgan fingerprint density at radius 2 is 1.74 bits per heavy atom. The molecule has 100 valence electrons. The van der Waals surface area contributed by atoms with Crippen molar-refractivity contribution in [2.45, 2.75) is 26.3 Å². The van der Waals surface area contributed by atoms with Crippen molar-refractivity contribution in [2.75, 3.05) is 0 Å². The van der Waals surface area contributed by atoms with Crippen molar-refractivity contribution in [2.24, 2.45) is 5.73 Å². The van der Waals surface area contributed by atoms with Gasteiger partial charge in [-0.05, 0) is 43.5 Å². The lowest BCUT2D eigenvalue weighted by atomic mass is 9.97. The molecule has 2 N–H and O–H groups in total. The summed E-state index contributed by atoms with van der Waals surface area (Å²) in [6, 6.07) is 12.3. The van der Waals surface area contributed by atoms with Crippen molar-refractivity contribution in [3.8, 4) is 0 Å². The Balaban J connectivity index is 2.22. The number of halogens is 2. The Morgan fingerprint density at radius 3 is 2.32 bits per heavy atom. The van der Waals surface area contributed by atoms with Gasteiger partial charge < -0.3 is 5.73 Å². The summed E-state index contributed by atoms with van der Waals surface area (Å²) in [5.41, 5.74) is 11.0. The molecule has 0 spiro atoms. The van der Waals surface area contributed by atoms with Crippen molar-refractivity contribution in [1.29, 1.82) is 0 Å². The van der Waals surface area contributed by atoms with E-state index in [2.05, 4.69) is 48.0 Å². The molecule has 1 nitrogen and oxygen atoms in total. The van der Waals surface area contributed by atoms with Gasteiger partial charge in [-0.1, -0.05) is 62.9 Å². The molecule has 1 unspecified atom stereocenters. The molecule has 19 heavy (non-hydrogen) atoms. The normalized spacial score (nSPS) is 12.5. The predicted molar refractivity (Wildman–Crippen MR) is 85.7 cm³/mol. The van der Waals surface area contributed by atoms with Gasteiger partial charge in [0.25, 0.3) is 0 Å². The van der Waals surface area contributed by atoms with Crippen LogP contribution in [-0.4, -0.2) is 0 Å². The van der Waals surface area contributed by atoms with Gasteiger partial charge in [-0.2, -0.15) is 0 Å². The van der Waals surface area contributed by atoms with E-state index in [0.717, 1.165) is 27.0 Å². The van der Waals surface area contributed by atoms with Gasteiger partial charge in [0.15, 0.2) is 0 Å². The minimum Gasteiger partial charge on any atom is -0.324 e. The highest BCUT2D eigenvalue weighted by Crippen LogP contribution is 2.26. The summed E-state index contributed by atoms with van der Waals surface area (Å²) in [5, 5.41) is 0.759. The Bertz CT molecular complexity index is 575. The standard InChI is InChI=1S/C16H17BrClN/c1-10-5-11(2)7-13(6-10)16(19)8-12-3-4-14(17)9-15(12)18/h3-7,9,16H,8,19H2,1-2H3. The molecule has 2 rings (SSSR count). The molecule has 1 atom stereocenters. The number of hydrogen-bond donors (Lipinski definition) is 1. The van der Waals surface area contributed by atoms with Crippen molar-refractivity contribution in [3.63, 3.8) is 0 Å². The van der Waals surface area contributed by atoms with E-state index in [1.807, 2.05) is 18.2 Å². The van der Waals surface area contributed by atoms with E-state index in [-0.39, 0.29) is 6.04 Å². The second-order valence-electron chi connectivity index (χ2n) is 4.97. The summed E-state index contributed by atoms with van der Waals surface area (Å²) < 4.78 is 0.987. The van der Waals surface area contributed by atoms with Gasteiger partial charge in [0.05, 0.1) is 0 Å². The minimum absolute atomic E-state index is 0.0303. The van der Waals surface area contributed by atoms with Crippen molar-refractivity contribution < 1.29 is 0 Å². The third-order valence-electron chi connectivity index (χ3n) is 3.13. The summed E-state index contributed by atoms with van der Waals surface area (Å²) in [4.78, 5) is 0. The molecule has 0 aliphatic heterocycles. The Morgan fingerprint density at radius 1 is 1.11 bits per heavy atom. The summed E-state index contributed by atoms with van der Waals surface area (Å²) >= 11 is 9.65. The van der Waals surface area contributed by atoms with Crippen LogP contribution < -0.4 is 5.73 Å². The SMILES string of the molecule is Cc1cc(C)cc(C(N)Cc2ccc(Br)cc2Cl)c1. The average molecular weight is 339 g/mol. The number of rotatable bonds is 3. The highest BCUT2D eigenvalue weighted by molar-refractivity contribution is 9.10. The largest absolute Gasteiger partial charge is 0.324 e. The molecular formula is C16H17BrClN. The summed E-state index contributed by atoms with van der Waals surface area (Å²) in [6.45, 7) is 4.19. The summed E-state index contributed by atoms with van der Waals surface area (Å²) in [7, 11) is 0. The van der Waals surface area contributed by atoms with Gasteiger partial charge in [-0.3, -0.25) is 0 Å². The van der Waals surface area contributed by atoms with Crippen molar-refractivity contribution in [3.05, 3.63) is 68.1 Å². The van der Waals surface area contributed by atoms with Crippen LogP contribution in [0.2, 0.25) is 5.02 Å². The van der Waals surface area contributed by atoms with E-state index < -0.39 is 0 Å². The molecule has 2 aromatic carbocycles. The maximum Gasteiger partial charge on any atom is 0.0449 e. The molecular weight excluding hydrogens is 322 g/mol. The van der Waals surface area contributed by atoms with E-state index in [4.69, 9.17) is 17.3 Å². The first-order valence-corrected chi connectivity index (χ1v) is 7.40. The molecule has 0 radical (unpaired) electrons. The fourth-order valence-electron chi connectivity index (χ4n) is 2.27. The monoisotopic (exact) mass is 337 g/mol. The van der Waals surface area contributed by atoms with Gasteiger partial charge in [-0.15, -0.1) is 0 Å². The van der Waals surface area contributed by atoms with Crippen LogP contribution in [0.1, 0.15) is 28.3 Å². The van der Waals surface area contributed by atoms with E-state index in [1.54, 1.807) is 0 Å². The van der Waals surface area contributed by atoms with Crippen LogP contribution >= 0.6 is 27.5 Å². The third-order valence-corrected chi connectivity index (χ3v) is 3.97. The maximum atomic E-state index is 6.30. The first kappa shape index (κ1) is 14.6. The molecule has 0 aliphatic carbocycles. The Labute approximate surface area is 127 Å². The number of benzene rings is 2. The first-order chi connectivity index (χ1) is 8.95. The van der Waals surface area contributed by atoms with Gasteiger partial charge in [-0.25, -0.2) is 0 Å². The number of nitrogens with two attached hydrogens (primary N) is 1. The van der Waals surface area contributed by atoms with Crippen LogP contribution in [0.15, 0.2) is 40.9 Å². The lowest BCUT2D eigenvalue weighted by Gasteiger charge is -2.15. The molecule has 2 aromatic rings.